The molecule has 2 heteroatoms. The molecular weight excluding hydrogens is 311 g/mol. The molecule has 0 saturated heterocycles. The summed E-state index contributed by atoms with van der Waals surface area (Å²) in [5.41, 5.74) is 5.45. The first-order valence-electron chi connectivity index (χ1n) is 9.14. The Hall–Kier alpha value is -2.09. The fourth-order valence-electron chi connectivity index (χ4n) is 3.78. The summed E-state index contributed by atoms with van der Waals surface area (Å²) < 4.78 is 20.0. The van der Waals surface area contributed by atoms with Crippen molar-refractivity contribution in [3.05, 3.63) is 59.4 Å². The molecule has 0 unspecified atom stereocenters. The molecule has 132 valence electrons. The third-order valence-electron chi connectivity index (χ3n) is 5.33. The Morgan fingerprint density at radius 2 is 1.84 bits per heavy atom. The van der Waals surface area contributed by atoms with Crippen molar-refractivity contribution in [1.82, 2.24) is 0 Å². The van der Waals surface area contributed by atoms with Gasteiger partial charge in [0, 0.05) is 5.56 Å². The van der Waals surface area contributed by atoms with Crippen LogP contribution in [0.3, 0.4) is 0 Å². The molecule has 1 aliphatic rings. The largest absolute Gasteiger partial charge is 0.497 e. The maximum absolute atomic E-state index is 14.6. The SMILES string of the molecule is CCc1ccc(-c2cc(OC)ccc2F)c(C2=CCCCC2(C)C)c1. The predicted molar refractivity (Wildman–Crippen MR) is 103 cm³/mol. The van der Waals surface area contributed by atoms with Gasteiger partial charge in [-0.3, -0.25) is 0 Å². The molecule has 25 heavy (non-hydrogen) atoms. The van der Waals surface area contributed by atoms with Gasteiger partial charge in [-0.2, -0.15) is 0 Å². The Morgan fingerprint density at radius 1 is 1.04 bits per heavy atom. The summed E-state index contributed by atoms with van der Waals surface area (Å²) in [5, 5.41) is 0. The topological polar surface area (TPSA) is 9.23 Å². The van der Waals surface area contributed by atoms with Crippen LogP contribution in [0.15, 0.2) is 42.5 Å². The monoisotopic (exact) mass is 338 g/mol. The first kappa shape index (κ1) is 17.7. The van der Waals surface area contributed by atoms with Crippen molar-refractivity contribution in [2.45, 2.75) is 46.5 Å². The first-order chi connectivity index (χ1) is 12.0. The Balaban J connectivity index is 2.23. The molecule has 3 rings (SSSR count). The summed E-state index contributed by atoms with van der Waals surface area (Å²) in [5.74, 6) is 0.472. The van der Waals surface area contributed by atoms with Crippen LogP contribution in [0.5, 0.6) is 5.75 Å². The Kier molecular flexibility index (Phi) is 4.99. The standard InChI is InChI=1S/C23H27FO/c1-5-16-9-11-18(20-15-17(25-4)10-12-22(20)24)19(14-16)21-8-6-7-13-23(21,2)3/h8-12,14-15H,5-7,13H2,1-4H3. The van der Waals surface area contributed by atoms with E-state index in [0.29, 0.717) is 11.3 Å². The lowest BCUT2D eigenvalue weighted by atomic mass is 9.71. The van der Waals surface area contributed by atoms with Gasteiger partial charge >= 0.3 is 0 Å². The van der Waals surface area contributed by atoms with Crippen molar-refractivity contribution in [2.24, 2.45) is 5.41 Å². The van der Waals surface area contributed by atoms with Crippen LogP contribution in [0.1, 0.15) is 51.2 Å². The van der Waals surface area contributed by atoms with Crippen LogP contribution in [-0.2, 0) is 6.42 Å². The molecule has 1 aliphatic carbocycles. The zero-order valence-corrected chi connectivity index (χ0v) is 15.7. The van der Waals surface area contributed by atoms with E-state index in [0.717, 1.165) is 30.4 Å². The van der Waals surface area contributed by atoms with Crippen molar-refractivity contribution >= 4 is 5.57 Å². The predicted octanol–water partition coefficient (Wildman–Crippen LogP) is 6.66. The number of rotatable bonds is 4. The summed E-state index contributed by atoms with van der Waals surface area (Å²) in [6, 6.07) is 11.4. The highest BCUT2D eigenvalue weighted by molar-refractivity contribution is 5.84. The molecule has 0 radical (unpaired) electrons. The molecule has 0 saturated carbocycles. The Bertz CT molecular complexity index is 802. The molecule has 0 fully saturated rings. The lowest BCUT2D eigenvalue weighted by molar-refractivity contribution is 0.414. The highest BCUT2D eigenvalue weighted by atomic mass is 19.1. The quantitative estimate of drug-likeness (QED) is 0.606. The van der Waals surface area contributed by atoms with Gasteiger partial charge in [0.25, 0.3) is 0 Å². The molecule has 0 spiro atoms. The van der Waals surface area contributed by atoms with E-state index in [1.165, 1.54) is 23.6 Å². The summed E-state index contributed by atoms with van der Waals surface area (Å²) in [6.45, 7) is 6.75. The minimum absolute atomic E-state index is 0.106. The summed E-state index contributed by atoms with van der Waals surface area (Å²) in [4.78, 5) is 0. The number of halogens is 1. The maximum Gasteiger partial charge on any atom is 0.131 e. The Morgan fingerprint density at radius 3 is 2.52 bits per heavy atom. The van der Waals surface area contributed by atoms with Crippen LogP contribution >= 0.6 is 0 Å². The zero-order chi connectivity index (χ0) is 18.0. The van der Waals surface area contributed by atoms with E-state index >= 15 is 0 Å². The van der Waals surface area contributed by atoms with Gasteiger partial charge in [-0.25, -0.2) is 4.39 Å². The molecule has 2 aromatic carbocycles. The third kappa shape index (κ3) is 3.49. The molecule has 0 heterocycles. The lowest BCUT2D eigenvalue weighted by Crippen LogP contribution is -2.17. The molecule has 0 N–H and O–H groups in total. The summed E-state index contributed by atoms with van der Waals surface area (Å²) >= 11 is 0. The second-order valence-corrected chi connectivity index (χ2v) is 7.47. The summed E-state index contributed by atoms with van der Waals surface area (Å²) in [7, 11) is 1.62. The number of hydrogen-bond acceptors (Lipinski definition) is 1. The molecule has 0 amide bonds. The van der Waals surface area contributed by atoms with Gasteiger partial charge in [-0.15, -0.1) is 0 Å². The van der Waals surface area contributed by atoms with Crippen molar-refractivity contribution in [3.8, 4) is 16.9 Å². The molecule has 0 bridgehead atoms. The van der Waals surface area contributed by atoms with Crippen molar-refractivity contribution in [1.29, 1.82) is 0 Å². The fraction of sp³-hybridized carbons (Fsp3) is 0.391. The van der Waals surface area contributed by atoms with E-state index in [-0.39, 0.29) is 11.2 Å². The van der Waals surface area contributed by atoms with Crippen LogP contribution < -0.4 is 4.74 Å². The van der Waals surface area contributed by atoms with Gasteiger partial charge in [-0.05, 0) is 71.6 Å². The average Bonchev–Trinajstić information content (AvgIpc) is 2.61. The van der Waals surface area contributed by atoms with Crippen LogP contribution in [0.2, 0.25) is 0 Å². The number of methoxy groups -OCH3 is 1. The van der Waals surface area contributed by atoms with Gasteiger partial charge in [0.1, 0.15) is 11.6 Å². The number of aryl methyl sites for hydroxylation is 1. The van der Waals surface area contributed by atoms with Crippen LogP contribution in [0.4, 0.5) is 4.39 Å². The average molecular weight is 338 g/mol. The number of hydrogen-bond donors (Lipinski definition) is 0. The minimum atomic E-state index is -0.208. The van der Waals surface area contributed by atoms with Gasteiger partial charge in [-0.1, -0.05) is 45.0 Å². The van der Waals surface area contributed by atoms with Crippen molar-refractivity contribution in [3.63, 3.8) is 0 Å². The van der Waals surface area contributed by atoms with E-state index in [1.807, 2.05) is 0 Å². The van der Waals surface area contributed by atoms with E-state index in [4.69, 9.17) is 4.74 Å². The van der Waals surface area contributed by atoms with Crippen molar-refractivity contribution < 1.29 is 9.13 Å². The second-order valence-electron chi connectivity index (χ2n) is 7.47. The molecule has 0 aromatic heterocycles. The van der Waals surface area contributed by atoms with Crippen LogP contribution in [0.25, 0.3) is 16.7 Å². The maximum atomic E-state index is 14.6. The van der Waals surface area contributed by atoms with E-state index in [2.05, 4.69) is 45.0 Å². The van der Waals surface area contributed by atoms with E-state index < -0.39 is 0 Å². The number of ether oxygens (including phenoxy) is 1. The Labute approximate surface area is 150 Å². The van der Waals surface area contributed by atoms with E-state index in [9.17, 15) is 4.39 Å². The van der Waals surface area contributed by atoms with Gasteiger partial charge in [0.05, 0.1) is 7.11 Å². The molecule has 1 nitrogen and oxygen atoms in total. The van der Waals surface area contributed by atoms with Crippen LogP contribution in [0, 0.1) is 11.2 Å². The third-order valence-corrected chi connectivity index (χ3v) is 5.33. The fourth-order valence-corrected chi connectivity index (χ4v) is 3.78. The molecule has 2 aromatic rings. The van der Waals surface area contributed by atoms with Gasteiger partial charge in [0.2, 0.25) is 0 Å². The summed E-state index contributed by atoms with van der Waals surface area (Å²) in [6.07, 6.45) is 6.79. The van der Waals surface area contributed by atoms with Crippen LogP contribution in [-0.4, -0.2) is 7.11 Å². The first-order valence-corrected chi connectivity index (χ1v) is 9.14. The van der Waals surface area contributed by atoms with Gasteiger partial charge < -0.3 is 4.74 Å². The van der Waals surface area contributed by atoms with E-state index in [1.54, 1.807) is 19.2 Å². The van der Waals surface area contributed by atoms with Crippen molar-refractivity contribution in [2.75, 3.05) is 7.11 Å². The normalized spacial score (nSPS) is 16.4. The smallest absolute Gasteiger partial charge is 0.131 e. The second kappa shape index (κ2) is 7.03. The molecule has 0 aliphatic heterocycles. The minimum Gasteiger partial charge on any atom is -0.497 e. The van der Waals surface area contributed by atoms with Gasteiger partial charge in [0.15, 0.2) is 0 Å². The molecular formula is C23H27FO. The highest BCUT2D eigenvalue weighted by Gasteiger charge is 2.29. The lowest BCUT2D eigenvalue weighted by Gasteiger charge is -2.33. The zero-order valence-electron chi connectivity index (χ0n) is 15.7. The molecule has 0 atom stereocenters. The number of allylic oxidation sites excluding steroid dienone is 2. The number of benzene rings is 2. The highest BCUT2D eigenvalue weighted by Crippen LogP contribution is 2.46.